The van der Waals surface area contributed by atoms with Gasteiger partial charge in [0.15, 0.2) is 0 Å². The van der Waals surface area contributed by atoms with Crippen molar-refractivity contribution < 1.29 is 22.6 Å². The van der Waals surface area contributed by atoms with E-state index < -0.39 is 39.5 Å². The Balaban J connectivity index is 1.94. The molecule has 9 nitrogen and oxygen atoms in total. The zero-order valence-corrected chi connectivity index (χ0v) is 16.3. The van der Waals surface area contributed by atoms with Crippen LogP contribution in [0.25, 0.3) is 0 Å². The normalized spacial score (nSPS) is 21.3. The molecule has 1 aliphatic heterocycles. The van der Waals surface area contributed by atoms with Crippen LogP contribution in [0.5, 0.6) is 0 Å². The molecule has 1 aromatic carbocycles. The number of anilines is 1. The average molecular weight is 415 g/mol. The van der Waals surface area contributed by atoms with E-state index in [9.17, 15) is 22.6 Å². The van der Waals surface area contributed by atoms with Gasteiger partial charge in [-0.25, -0.2) is 8.42 Å². The lowest BCUT2D eigenvalue weighted by atomic mass is 9.89. The van der Waals surface area contributed by atoms with E-state index in [-0.39, 0.29) is 34.6 Å². The van der Waals surface area contributed by atoms with Gasteiger partial charge in [0.2, 0.25) is 11.6 Å². The molecule has 0 radical (unpaired) electrons. The summed E-state index contributed by atoms with van der Waals surface area (Å²) in [6.07, 6.45) is 0. The fraction of sp³-hybridized carbons (Fsp3) is 0.263. The molecule has 152 valence electrons. The Morgan fingerprint density at radius 3 is 2.48 bits per heavy atom. The summed E-state index contributed by atoms with van der Waals surface area (Å²) in [5.41, 5.74) is 12.9. The lowest BCUT2D eigenvalue weighted by Crippen LogP contribution is -2.33. The van der Waals surface area contributed by atoms with Crippen molar-refractivity contribution in [3.05, 3.63) is 64.1 Å². The van der Waals surface area contributed by atoms with E-state index in [1.807, 2.05) is 30.3 Å². The monoisotopic (exact) mass is 415 g/mol. The highest BCUT2D eigenvalue weighted by molar-refractivity contribution is 7.84. The van der Waals surface area contributed by atoms with Gasteiger partial charge in [-0.2, -0.15) is 0 Å². The zero-order valence-electron chi connectivity index (χ0n) is 15.5. The van der Waals surface area contributed by atoms with E-state index in [4.69, 9.17) is 11.5 Å². The first kappa shape index (κ1) is 19.4. The molecule has 2 atom stereocenters. The predicted octanol–water partition coefficient (Wildman–Crippen LogP) is 0.639. The first-order valence-corrected chi connectivity index (χ1v) is 10.5. The molecule has 2 aromatic rings. The van der Waals surface area contributed by atoms with Crippen molar-refractivity contribution in [1.82, 2.24) is 4.57 Å². The van der Waals surface area contributed by atoms with Gasteiger partial charge >= 0.3 is 0 Å². The first-order chi connectivity index (χ1) is 13.6. The Labute approximate surface area is 167 Å². The third-order valence-corrected chi connectivity index (χ3v) is 6.02. The molecule has 0 spiro atoms. The van der Waals surface area contributed by atoms with Crippen molar-refractivity contribution in [2.75, 3.05) is 5.32 Å². The Hall–Kier alpha value is -2.95. The van der Waals surface area contributed by atoms with Gasteiger partial charge in [-0.1, -0.05) is 18.2 Å². The molecule has 0 amide bonds. The highest BCUT2D eigenvalue weighted by Gasteiger charge is 2.43. The standard InChI is InChI=1S/C19H20N4O5S/c1-9-14(21)19(25)13-11(8-29(26,27)28)16-15(22-10-5-3-2-4-6-10)12(20)7-23(16)17(13)18(9)24/h2-6,12,15,22H,7-8,20-21H2,1H3,(H,26,27,28)/p-1/t12-,15+/m0/s1. The van der Waals surface area contributed by atoms with Crippen LogP contribution in [-0.4, -0.2) is 35.1 Å². The molecule has 1 aliphatic carbocycles. The van der Waals surface area contributed by atoms with Gasteiger partial charge in [-0.3, -0.25) is 9.59 Å². The van der Waals surface area contributed by atoms with E-state index >= 15 is 0 Å². The molecular formula is C19H19N4O5S-. The Kier molecular flexibility index (Phi) is 4.37. The third-order valence-electron chi connectivity index (χ3n) is 5.37. The summed E-state index contributed by atoms with van der Waals surface area (Å²) in [5.74, 6) is -2.05. The average Bonchev–Trinajstić information content (AvgIpc) is 3.12. The Bertz CT molecular complexity index is 1180. The number of nitrogens with two attached hydrogens (primary N) is 2. The highest BCUT2D eigenvalue weighted by Crippen LogP contribution is 2.41. The molecule has 5 N–H and O–H groups in total. The topological polar surface area (TPSA) is 160 Å². The number of benzene rings is 1. The van der Waals surface area contributed by atoms with Crippen LogP contribution >= 0.6 is 0 Å². The number of carbonyl (C=O) groups excluding carboxylic acids is 2. The quantitative estimate of drug-likeness (QED) is 0.613. The number of hydrogen-bond acceptors (Lipinski definition) is 8. The van der Waals surface area contributed by atoms with Crippen molar-refractivity contribution in [3.63, 3.8) is 0 Å². The first-order valence-electron chi connectivity index (χ1n) is 8.92. The van der Waals surface area contributed by atoms with Gasteiger partial charge in [-0.05, 0) is 19.1 Å². The van der Waals surface area contributed by atoms with Gasteiger partial charge in [0.25, 0.3) is 0 Å². The number of allylic oxidation sites excluding steroid dienone is 2. The Morgan fingerprint density at radius 1 is 1.21 bits per heavy atom. The van der Waals surface area contributed by atoms with Crippen molar-refractivity contribution in [2.24, 2.45) is 11.5 Å². The van der Waals surface area contributed by atoms with Crippen molar-refractivity contribution in [2.45, 2.75) is 31.3 Å². The number of Topliss-reactive ketones (excluding diaryl/α,β-unsaturated/α-hetero) is 2. The summed E-state index contributed by atoms with van der Waals surface area (Å²) >= 11 is 0. The minimum absolute atomic E-state index is 0.00909. The van der Waals surface area contributed by atoms with Crippen LogP contribution in [0, 0.1) is 0 Å². The number of para-hydroxylation sites is 1. The van der Waals surface area contributed by atoms with Crippen LogP contribution in [0.2, 0.25) is 0 Å². The maximum absolute atomic E-state index is 12.9. The van der Waals surface area contributed by atoms with Crippen LogP contribution in [-0.2, 0) is 22.4 Å². The molecule has 0 fully saturated rings. The second kappa shape index (κ2) is 6.55. The lowest BCUT2D eigenvalue weighted by Gasteiger charge is -2.22. The van der Waals surface area contributed by atoms with E-state index in [0.717, 1.165) is 5.69 Å². The molecule has 10 heteroatoms. The fourth-order valence-corrected chi connectivity index (χ4v) is 4.70. The number of hydrogen-bond donors (Lipinski definition) is 3. The molecule has 2 heterocycles. The summed E-state index contributed by atoms with van der Waals surface area (Å²) in [5, 5.41) is 3.22. The molecular weight excluding hydrogens is 396 g/mol. The van der Waals surface area contributed by atoms with E-state index in [1.54, 1.807) is 4.57 Å². The number of rotatable bonds is 4. The van der Waals surface area contributed by atoms with E-state index in [2.05, 4.69) is 5.32 Å². The number of carbonyl (C=O) groups is 2. The Morgan fingerprint density at radius 2 is 1.86 bits per heavy atom. The van der Waals surface area contributed by atoms with Gasteiger partial charge in [0.1, 0.15) is 5.69 Å². The molecule has 0 saturated heterocycles. The number of nitrogens with one attached hydrogen (secondary N) is 1. The summed E-state index contributed by atoms with van der Waals surface area (Å²) in [6.45, 7) is 1.63. The molecule has 2 aliphatic rings. The molecule has 0 bridgehead atoms. The maximum atomic E-state index is 12.9. The summed E-state index contributed by atoms with van der Waals surface area (Å²) in [7, 11) is -4.74. The molecule has 4 rings (SSSR count). The lowest BCUT2D eigenvalue weighted by molar-refractivity contribution is 0.0967. The van der Waals surface area contributed by atoms with Gasteiger partial charge in [0, 0.05) is 35.1 Å². The molecule has 0 saturated carbocycles. The fourth-order valence-electron chi connectivity index (χ4n) is 4.05. The number of ketones is 2. The number of fused-ring (bicyclic) bond motifs is 3. The molecule has 1 aromatic heterocycles. The predicted molar refractivity (Wildman–Crippen MR) is 104 cm³/mol. The van der Waals surface area contributed by atoms with E-state index in [1.165, 1.54) is 6.92 Å². The van der Waals surface area contributed by atoms with Gasteiger partial charge in [0.05, 0.1) is 33.2 Å². The van der Waals surface area contributed by atoms with Crippen molar-refractivity contribution in [3.8, 4) is 0 Å². The van der Waals surface area contributed by atoms with Gasteiger partial charge in [-0.15, -0.1) is 0 Å². The summed E-state index contributed by atoms with van der Waals surface area (Å²) in [6, 6.07) is 7.99. The van der Waals surface area contributed by atoms with Crippen LogP contribution in [0.1, 0.15) is 45.1 Å². The van der Waals surface area contributed by atoms with Crippen LogP contribution in [0.3, 0.4) is 0 Å². The summed E-state index contributed by atoms with van der Waals surface area (Å²) in [4.78, 5) is 25.7. The van der Waals surface area contributed by atoms with E-state index in [0.29, 0.717) is 5.69 Å². The highest BCUT2D eigenvalue weighted by atomic mass is 32.2. The van der Waals surface area contributed by atoms with Crippen molar-refractivity contribution in [1.29, 1.82) is 0 Å². The van der Waals surface area contributed by atoms with Gasteiger partial charge < -0.3 is 25.9 Å². The SMILES string of the molecule is CC1=C(N)C(=O)c2c(CS(=O)(=O)[O-])c3n(c2C1=O)C[C@H](N)[C@H]3Nc1ccccc1. The largest absolute Gasteiger partial charge is 0.748 e. The number of aromatic nitrogens is 1. The second-order valence-corrected chi connectivity index (χ2v) is 8.65. The zero-order chi connectivity index (χ0) is 21.1. The van der Waals surface area contributed by atoms with Crippen LogP contribution in [0.15, 0.2) is 41.6 Å². The maximum Gasteiger partial charge on any atom is 0.211 e. The minimum atomic E-state index is -4.74. The minimum Gasteiger partial charge on any atom is -0.748 e. The second-order valence-electron chi connectivity index (χ2n) is 7.25. The smallest absolute Gasteiger partial charge is 0.211 e. The van der Waals surface area contributed by atoms with Crippen LogP contribution < -0.4 is 16.8 Å². The van der Waals surface area contributed by atoms with Crippen molar-refractivity contribution >= 4 is 27.4 Å². The molecule has 29 heavy (non-hydrogen) atoms. The number of nitrogens with zero attached hydrogens (tertiary/aromatic N) is 1. The van der Waals surface area contributed by atoms with Crippen LogP contribution in [0.4, 0.5) is 5.69 Å². The summed E-state index contributed by atoms with van der Waals surface area (Å²) < 4.78 is 36.4. The third kappa shape index (κ3) is 3.05. The molecule has 0 unspecified atom stereocenters.